The number of carbonyl (C=O) groups excluding carboxylic acids is 1. The Labute approximate surface area is 139 Å². The minimum absolute atomic E-state index is 0.0836. The van der Waals surface area contributed by atoms with Crippen molar-refractivity contribution >= 4 is 17.6 Å². The van der Waals surface area contributed by atoms with E-state index >= 15 is 0 Å². The van der Waals surface area contributed by atoms with Crippen LogP contribution >= 0.6 is 11.6 Å². The molecule has 23 heavy (non-hydrogen) atoms. The van der Waals surface area contributed by atoms with Crippen molar-refractivity contribution < 1.29 is 4.79 Å². The second-order valence-corrected chi connectivity index (χ2v) is 6.17. The number of hydrogen-bond acceptors (Lipinski definition) is 4. The normalized spacial score (nSPS) is 17.5. The molecule has 7 nitrogen and oxygen atoms in total. The molecular weight excluding hydrogens is 316 g/mol. The van der Waals surface area contributed by atoms with E-state index in [1.165, 1.54) is 0 Å². The van der Waals surface area contributed by atoms with Crippen molar-refractivity contribution in [1.82, 2.24) is 30.0 Å². The second kappa shape index (κ2) is 6.54. The third kappa shape index (κ3) is 3.79. The molecule has 1 atom stereocenters. The van der Waals surface area contributed by atoms with E-state index in [1.807, 2.05) is 24.6 Å². The molecule has 0 bridgehead atoms. The highest BCUT2D eigenvalue weighted by Gasteiger charge is 2.27. The highest BCUT2D eigenvalue weighted by molar-refractivity contribution is 6.30. The summed E-state index contributed by atoms with van der Waals surface area (Å²) >= 11 is 5.89. The van der Waals surface area contributed by atoms with Gasteiger partial charge in [0.2, 0.25) is 0 Å². The van der Waals surface area contributed by atoms with Crippen LogP contribution < -0.4 is 5.32 Å². The Morgan fingerprint density at radius 2 is 2.26 bits per heavy atom. The van der Waals surface area contributed by atoms with E-state index in [0.717, 1.165) is 17.8 Å². The quantitative estimate of drug-likeness (QED) is 0.932. The molecule has 1 N–H and O–H groups in total. The molecule has 2 aromatic rings. The van der Waals surface area contributed by atoms with Gasteiger partial charge in [-0.15, -0.1) is 0 Å². The first-order valence-corrected chi connectivity index (χ1v) is 7.92. The van der Waals surface area contributed by atoms with Gasteiger partial charge in [-0.2, -0.15) is 5.10 Å². The summed E-state index contributed by atoms with van der Waals surface area (Å²) in [6.45, 7) is 5.50. The van der Waals surface area contributed by atoms with Crippen molar-refractivity contribution in [3.8, 4) is 0 Å². The van der Waals surface area contributed by atoms with Gasteiger partial charge in [0.15, 0.2) is 0 Å². The molecule has 1 fully saturated rings. The van der Waals surface area contributed by atoms with Crippen molar-refractivity contribution in [1.29, 1.82) is 0 Å². The van der Waals surface area contributed by atoms with Gasteiger partial charge in [-0.05, 0) is 26.3 Å². The number of carbonyl (C=O) groups is 1. The Morgan fingerprint density at radius 3 is 2.96 bits per heavy atom. The number of nitrogens with zero attached hydrogens (tertiary/aromatic N) is 5. The molecule has 0 aliphatic carbocycles. The summed E-state index contributed by atoms with van der Waals surface area (Å²) in [5.74, 6) is 0.714. The summed E-state index contributed by atoms with van der Waals surface area (Å²) in [4.78, 5) is 22.6. The summed E-state index contributed by atoms with van der Waals surface area (Å²) in [7, 11) is 0. The topological polar surface area (TPSA) is 75.9 Å². The lowest BCUT2D eigenvalue weighted by Crippen LogP contribution is -2.38. The summed E-state index contributed by atoms with van der Waals surface area (Å²) in [5.41, 5.74) is 1.72. The van der Waals surface area contributed by atoms with Gasteiger partial charge in [0.25, 0.3) is 0 Å². The number of nitrogens with one attached hydrogen (secondary N) is 1. The van der Waals surface area contributed by atoms with Crippen LogP contribution in [0.4, 0.5) is 4.79 Å². The van der Waals surface area contributed by atoms with Crippen LogP contribution in [0.2, 0.25) is 5.02 Å². The third-order valence-electron chi connectivity index (χ3n) is 3.83. The van der Waals surface area contributed by atoms with Gasteiger partial charge in [-0.3, -0.25) is 4.68 Å². The van der Waals surface area contributed by atoms with Crippen LogP contribution in [0.25, 0.3) is 0 Å². The number of likely N-dealkylation sites (tertiary alicyclic amines) is 1. The first kappa shape index (κ1) is 15.7. The standard InChI is InChI=1S/C15H19ClN6O/c1-10-5-13(20-11(2)19-10)7-17-15(23)21-4-3-14(9-21)22-8-12(16)6-18-22/h5-6,8,14H,3-4,7,9H2,1-2H3,(H,17,23). The molecule has 0 aromatic carbocycles. The van der Waals surface area contributed by atoms with Gasteiger partial charge in [-0.1, -0.05) is 11.6 Å². The van der Waals surface area contributed by atoms with Crippen LogP contribution in [-0.2, 0) is 6.54 Å². The van der Waals surface area contributed by atoms with E-state index in [0.29, 0.717) is 30.5 Å². The monoisotopic (exact) mass is 334 g/mol. The van der Waals surface area contributed by atoms with Crippen LogP contribution in [0.5, 0.6) is 0 Å². The van der Waals surface area contributed by atoms with Crippen molar-refractivity contribution in [2.24, 2.45) is 0 Å². The lowest BCUT2D eigenvalue weighted by atomic mass is 10.3. The lowest BCUT2D eigenvalue weighted by Gasteiger charge is -2.17. The Hall–Kier alpha value is -2.15. The molecule has 3 rings (SSSR count). The zero-order valence-electron chi connectivity index (χ0n) is 13.2. The molecule has 1 saturated heterocycles. The predicted molar refractivity (Wildman–Crippen MR) is 86.2 cm³/mol. The maximum absolute atomic E-state index is 12.3. The fourth-order valence-electron chi connectivity index (χ4n) is 2.82. The van der Waals surface area contributed by atoms with Gasteiger partial charge in [0, 0.05) is 25.0 Å². The first-order chi connectivity index (χ1) is 11.0. The molecule has 0 spiro atoms. The maximum atomic E-state index is 12.3. The molecule has 0 radical (unpaired) electrons. The number of amides is 2. The van der Waals surface area contributed by atoms with Crippen LogP contribution in [-0.4, -0.2) is 43.8 Å². The largest absolute Gasteiger partial charge is 0.332 e. The number of rotatable bonds is 3. The average molecular weight is 335 g/mol. The van der Waals surface area contributed by atoms with Gasteiger partial charge in [0.05, 0.1) is 29.5 Å². The molecule has 2 aromatic heterocycles. The molecule has 1 unspecified atom stereocenters. The molecule has 0 saturated carbocycles. The average Bonchev–Trinajstić information content (AvgIpc) is 3.12. The van der Waals surface area contributed by atoms with Gasteiger partial charge >= 0.3 is 6.03 Å². The van der Waals surface area contributed by atoms with Crippen molar-refractivity contribution in [2.75, 3.05) is 13.1 Å². The van der Waals surface area contributed by atoms with Crippen LogP contribution in [0.3, 0.4) is 0 Å². The number of aromatic nitrogens is 4. The highest BCUT2D eigenvalue weighted by atomic mass is 35.5. The lowest BCUT2D eigenvalue weighted by molar-refractivity contribution is 0.206. The number of urea groups is 1. The van der Waals surface area contributed by atoms with Gasteiger partial charge in [0.1, 0.15) is 5.82 Å². The molecular formula is C15H19ClN6O. The smallest absolute Gasteiger partial charge is 0.317 e. The Balaban J connectivity index is 1.55. The zero-order chi connectivity index (χ0) is 16.4. The zero-order valence-corrected chi connectivity index (χ0v) is 13.9. The number of hydrogen-bond donors (Lipinski definition) is 1. The highest BCUT2D eigenvalue weighted by Crippen LogP contribution is 2.22. The van der Waals surface area contributed by atoms with Crippen molar-refractivity contribution in [3.63, 3.8) is 0 Å². The minimum Gasteiger partial charge on any atom is -0.332 e. The van der Waals surface area contributed by atoms with E-state index in [4.69, 9.17) is 11.6 Å². The summed E-state index contributed by atoms with van der Waals surface area (Å²) in [5, 5.41) is 7.74. The van der Waals surface area contributed by atoms with E-state index in [2.05, 4.69) is 20.4 Å². The van der Waals surface area contributed by atoms with Crippen LogP contribution in [0.15, 0.2) is 18.5 Å². The fraction of sp³-hybridized carbons (Fsp3) is 0.467. The van der Waals surface area contributed by atoms with E-state index < -0.39 is 0 Å². The number of halogens is 1. The Bertz CT molecular complexity index is 695. The first-order valence-electron chi connectivity index (χ1n) is 7.55. The molecule has 8 heteroatoms. The van der Waals surface area contributed by atoms with E-state index in [9.17, 15) is 4.79 Å². The molecule has 3 heterocycles. The van der Waals surface area contributed by atoms with E-state index in [-0.39, 0.29) is 12.1 Å². The third-order valence-corrected chi connectivity index (χ3v) is 4.03. The van der Waals surface area contributed by atoms with Crippen molar-refractivity contribution in [3.05, 3.63) is 40.7 Å². The molecule has 122 valence electrons. The molecule has 2 amide bonds. The van der Waals surface area contributed by atoms with Crippen LogP contribution in [0.1, 0.15) is 29.7 Å². The Morgan fingerprint density at radius 1 is 1.43 bits per heavy atom. The number of aryl methyl sites for hydroxylation is 2. The summed E-state index contributed by atoms with van der Waals surface area (Å²) < 4.78 is 1.83. The van der Waals surface area contributed by atoms with Crippen molar-refractivity contribution in [2.45, 2.75) is 32.9 Å². The van der Waals surface area contributed by atoms with Gasteiger partial charge < -0.3 is 10.2 Å². The second-order valence-electron chi connectivity index (χ2n) is 5.73. The summed E-state index contributed by atoms with van der Waals surface area (Å²) in [6, 6.07) is 1.97. The SMILES string of the molecule is Cc1cc(CNC(=O)N2CCC(n3cc(Cl)cn3)C2)nc(C)n1. The molecule has 1 aliphatic heterocycles. The minimum atomic E-state index is -0.0836. The Kier molecular flexibility index (Phi) is 4.47. The van der Waals surface area contributed by atoms with E-state index in [1.54, 1.807) is 17.3 Å². The predicted octanol–water partition coefficient (Wildman–Crippen LogP) is 2.10. The van der Waals surface area contributed by atoms with Gasteiger partial charge in [-0.25, -0.2) is 14.8 Å². The summed E-state index contributed by atoms with van der Waals surface area (Å²) in [6.07, 6.45) is 4.28. The van der Waals surface area contributed by atoms with Crippen LogP contribution in [0, 0.1) is 13.8 Å². The fourth-order valence-corrected chi connectivity index (χ4v) is 2.96. The molecule has 1 aliphatic rings. The maximum Gasteiger partial charge on any atom is 0.317 e.